The molecule has 3 N–H and O–H groups in total. The van der Waals surface area contributed by atoms with Crippen LogP contribution in [0.25, 0.3) is 11.0 Å². The van der Waals surface area contributed by atoms with E-state index in [1.54, 1.807) is 0 Å². The molecule has 4 aromatic rings. The molecule has 0 unspecified atom stereocenters. The number of carbonyl (C=O) groups is 2. The predicted molar refractivity (Wildman–Crippen MR) is 136 cm³/mol. The average Bonchev–Trinajstić information content (AvgIpc) is 3.26. The van der Waals surface area contributed by atoms with Crippen molar-refractivity contribution in [2.24, 2.45) is 0 Å². The second-order valence-electron chi connectivity index (χ2n) is 8.59. The third-order valence-electron chi connectivity index (χ3n) is 5.81. The molecular formula is C28H30N4O2. The van der Waals surface area contributed by atoms with Gasteiger partial charge in [-0.2, -0.15) is 0 Å². The highest BCUT2D eigenvalue weighted by Crippen LogP contribution is 2.18. The van der Waals surface area contributed by atoms with Gasteiger partial charge in [-0.1, -0.05) is 49.4 Å². The van der Waals surface area contributed by atoms with E-state index >= 15 is 0 Å². The summed E-state index contributed by atoms with van der Waals surface area (Å²) in [6.07, 6.45) is 2.90. The van der Waals surface area contributed by atoms with Gasteiger partial charge in [0, 0.05) is 30.1 Å². The summed E-state index contributed by atoms with van der Waals surface area (Å²) in [7, 11) is 0. The molecule has 0 aliphatic heterocycles. The highest BCUT2D eigenvalue weighted by atomic mass is 16.2. The van der Waals surface area contributed by atoms with Crippen LogP contribution in [0, 0.1) is 0 Å². The number of fused-ring (bicyclic) bond motifs is 1. The van der Waals surface area contributed by atoms with Crippen molar-refractivity contribution in [1.29, 1.82) is 0 Å². The molecule has 0 aliphatic carbocycles. The number of H-pyrrole nitrogens is 1. The van der Waals surface area contributed by atoms with Gasteiger partial charge in [-0.05, 0) is 61.2 Å². The topological polar surface area (TPSA) is 86.9 Å². The maximum Gasteiger partial charge on any atom is 0.251 e. The van der Waals surface area contributed by atoms with Gasteiger partial charge >= 0.3 is 0 Å². The molecule has 2 amide bonds. The number of nitrogens with zero attached hydrogens (tertiary/aromatic N) is 1. The molecule has 6 nitrogen and oxygen atoms in total. The molecular weight excluding hydrogens is 424 g/mol. The third-order valence-corrected chi connectivity index (χ3v) is 5.81. The van der Waals surface area contributed by atoms with E-state index < -0.39 is 0 Å². The number of rotatable bonds is 9. The average molecular weight is 455 g/mol. The lowest BCUT2D eigenvalue weighted by atomic mass is 10.1. The van der Waals surface area contributed by atoms with Gasteiger partial charge in [0.1, 0.15) is 5.82 Å². The number of amides is 2. The van der Waals surface area contributed by atoms with E-state index in [4.69, 9.17) is 0 Å². The van der Waals surface area contributed by atoms with Crippen molar-refractivity contribution in [1.82, 2.24) is 15.3 Å². The number of hydrogen-bond acceptors (Lipinski definition) is 3. The van der Waals surface area contributed by atoms with Gasteiger partial charge in [0.05, 0.1) is 11.0 Å². The summed E-state index contributed by atoms with van der Waals surface area (Å²) >= 11 is 0. The summed E-state index contributed by atoms with van der Waals surface area (Å²) in [5.74, 6) is 0.743. The molecule has 0 saturated carbocycles. The zero-order valence-electron chi connectivity index (χ0n) is 19.6. The van der Waals surface area contributed by atoms with Crippen molar-refractivity contribution in [2.45, 2.75) is 45.6 Å². The van der Waals surface area contributed by atoms with Gasteiger partial charge in [0.2, 0.25) is 5.91 Å². The van der Waals surface area contributed by atoms with Gasteiger partial charge in [-0.15, -0.1) is 0 Å². The van der Waals surface area contributed by atoms with Crippen LogP contribution >= 0.6 is 0 Å². The largest absolute Gasteiger partial charge is 0.350 e. The molecule has 0 radical (unpaired) electrons. The minimum absolute atomic E-state index is 0.00420. The van der Waals surface area contributed by atoms with E-state index in [0.717, 1.165) is 41.0 Å². The van der Waals surface area contributed by atoms with Gasteiger partial charge in [0.25, 0.3) is 5.91 Å². The lowest BCUT2D eigenvalue weighted by molar-refractivity contribution is -0.115. The second-order valence-corrected chi connectivity index (χ2v) is 8.59. The number of imidazole rings is 1. The summed E-state index contributed by atoms with van der Waals surface area (Å²) in [5, 5.41) is 5.95. The number of aromatic amines is 1. The lowest BCUT2D eigenvalue weighted by Crippen LogP contribution is -2.32. The van der Waals surface area contributed by atoms with Gasteiger partial charge in [-0.25, -0.2) is 4.98 Å². The summed E-state index contributed by atoms with van der Waals surface area (Å²) < 4.78 is 0. The number of aryl methyl sites for hydroxylation is 1. The zero-order valence-corrected chi connectivity index (χ0v) is 19.6. The predicted octanol–water partition coefficient (Wildman–Crippen LogP) is 5.25. The van der Waals surface area contributed by atoms with E-state index in [9.17, 15) is 9.59 Å². The van der Waals surface area contributed by atoms with Crippen molar-refractivity contribution in [3.63, 3.8) is 0 Å². The van der Waals surface area contributed by atoms with Crippen molar-refractivity contribution in [3.05, 3.63) is 95.3 Å². The second kappa shape index (κ2) is 10.8. The highest BCUT2D eigenvalue weighted by molar-refractivity contribution is 5.97. The van der Waals surface area contributed by atoms with Crippen LogP contribution in [0.5, 0.6) is 0 Å². The molecule has 0 spiro atoms. The maximum atomic E-state index is 12.8. The van der Waals surface area contributed by atoms with E-state index in [0.29, 0.717) is 18.4 Å². The monoisotopic (exact) mass is 454 g/mol. The first-order chi connectivity index (χ1) is 16.5. The highest BCUT2D eigenvalue weighted by Gasteiger charge is 2.12. The van der Waals surface area contributed by atoms with Gasteiger partial charge < -0.3 is 15.6 Å². The van der Waals surface area contributed by atoms with Crippen molar-refractivity contribution >= 4 is 28.5 Å². The Morgan fingerprint density at radius 3 is 2.47 bits per heavy atom. The van der Waals surface area contributed by atoms with Crippen molar-refractivity contribution in [3.8, 4) is 0 Å². The summed E-state index contributed by atoms with van der Waals surface area (Å²) in [6.45, 7) is 3.86. The minimum Gasteiger partial charge on any atom is -0.350 e. The Labute approximate surface area is 199 Å². The number of nitrogens with one attached hydrogen (secondary N) is 3. The number of anilines is 1. The standard InChI is InChI=1S/C28H30N4O2/c1-3-27(33)30-23-14-11-21(12-15-23)17-26-31-24-16-13-22(18-25(24)32-26)28(34)29-19(2)9-10-20-7-5-4-6-8-20/h4-8,11-16,18-19H,3,9-10,17H2,1-2H3,(H,29,34)(H,30,33)(H,31,32)/t19-/m0/s1. The molecule has 0 saturated heterocycles. The molecule has 34 heavy (non-hydrogen) atoms. The number of carbonyl (C=O) groups excluding carboxylic acids is 2. The molecule has 6 heteroatoms. The van der Waals surface area contributed by atoms with Crippen LogP contribution in [0.3, 0.4) is 0 Å². The maximum absolute atomic E-state index is 12.8. The van der Waals surface area contributed by atoms with Crippen LogP contribution in [0.4, 0.5) is 5.69 Å². The molecule has 1 heterocycles. The SMILES string of the molecule is CCC(=O)Nc1ccc(Cc2nc3ccc(C(=O)N[C@@H](C)CCc4ccccc4)cc3[nH]2)cc1. The molecule has 0 fully saturated rings. The first-order valence-electron chi connectivity index (χ1n) is 11.7. The van der Waals surface area contributed by atoms with Crippen LogP contribution in [0.2, 0.25) is 0 Å². The Balaban J connectivity index is 1.36. The zero-order chi connectivity index (χ0) is 23.9. The van der Waals surface area contributed by atoms with E-state index in [1.807, 2.05) is 74.5 Å². The fourth-order valence-electron chi connectivity index (χ4n) is 3.84. The Kier molecular flexibility index (Phi) is 7.38. The first-order valence-corrected chi connectivity index (χ1v) is 11.7. The molecule has 4 rings (SSSR count). The van der Waals surface area contributed by atoms with Crippen molar-refractivity contribution < 1.29 is 9.59 Å². The quantitative estimate of drug-likeness (QED) is 0.323. The van der Waals surface area contributed by atoms with Crippen LogP contribution in [0.15, 0.2) is 72.8 Å². The van der Waals surface area contributed by atoms with Crippen LogP contribution in [0.1, 0.15) is 54.0 Å². The fourth-order valence-corrected chi connectivity index (χ4v) is 3.84. The van der Waals surface area contributed by atoms with Crippen molar-refractivity contribution in [2.75, 3.05) is 5.32 Å². The minimum atomic E-state index is -0.0803. The van der Waals surface area contributed by atoms with Gasteiger partial charge in [0.15, 0.2) is 0 Å². The number of hydrogen-bond donors (Lipinski definition) is 3. The number of benzene rings is 3. The van der Waals surface area contributed by atoms with Gasteiger partial charge in [-0.3, -0.25) is 9.59 Å². The molecule has 3 aromatic carbocycles. The molecule has 0 aliphatic rings. The van der Waals surface area contributed by atoms with Crippen LogP contribution in [-0.2, 0) is 17.6 Å². The fraction of sp³-hybridized carbons (Fsp3) is 0.250. The van der Waals surface area contributed by atoms with Crippen LogP contribution < -0.4 is 10.6 Å². The number of aromatic nitrogens is 2. The Morgan fingerprint density at radius 1 is 0.971 bits per heavy atom. The molecule has 1 atom stereocenters. The summed E-state index contributed by atoms with van der Waals surface area (Å²) in [5.41, 5.74) is 5.43. The van der Waals surface area contributed by atoms with E-state index in [2.05, 4.69) is 32.7 Å². The van der Waals surface area contributed by atoms with Crippen LogP contribution in [-0.4, -0.2) is 27.8 Å². The normalized spacial score (nSPS) is 11.8. The Bertz CT molecular complexity index is 1260. The smallest absolute Gasteiger partial charge is 0.251 e. The van der Waals surface area contributed by atoms with E-state index in [-0.39, 0.29) is 17.9 Å². The Morgan fingerprint density at radius 2 is 1.74 bits per heavy atom. The summed E-state index contributed by atoms with van der Waals surface area (Å²) in [4.78, 5) is 32.3. The third kappa shape index (κ3) is 6.10. The molecule has 1 aromatic heterocycles. The molecule has 0 bridgehead atoms. The lowest BCUT2D eigenvalue weighted by Gasteiger charge is -2.14. The molecule has 174 valence electrons. The summed E-state index contributed by atoms with van der Waals surface area (Å²) in [6, 6.07) is 23.7. The first kappa shape index (κ1) is 23.2. The Hall–Kier alpha value is -3.93. The van der Waals surface area contributed by atoms with E-state index in [1.165, 1.54) is 5.56 Å².